The van der Waals surface area contributed by atoms with Crippen LogP contribution in [0.1, 0.15) is 17.0 Å². The van der Waals surface area contributed by atoms with Gasteiger partial charge in [0.15, 0.2) is 11.9 Å². The fourth-order valence-electron chi connectivity index (χ4n) is 1.63. The van der Waals surface area contributed by atoms with E-state index in [4.69, 9.17) is 14.6 Å². The van der Waals surface area contributed by atoms with Crippen molar-refractivity contribution in [3.8, 4) is 0 Å². The summed E-state index contributed by atoms with van der Waals surface area (Å²) in [5, 5.41) is 20.8. The topological polar surface area (TPSA) is 99.8 Å². The van der Waals surface area contributed by atoms with Crippen LogP contribution in [-0.2, 0) is 4.79 Å². The SMILES string of the molecule is O=C(NCC[C@H](O)C(=O)O)c1cc2ccccc2o1. The molecule has 6 heteroatoms. The minimum absolute atomic E-state index is 0.0543. The van der Waals surface area contributed by atoms with E-state index in [1.165, 1.54) is 0 Å². The van der Waals surface area contributed by atoms with E-state index in [0.29, 0.717) is 5.58 Å². The molecule has 6 nitrogen and oxygen atoms in total. The van der Waals surface area contributed by atoms with Gasteiger partial charge in [-0.1, -0.05) is 18.2 Å². The zero-order chi connectivity index (χ0) is 13.8. The molecule has 1 atom stereocenters. The molecule has 1 aromatic carbocycles. The summed E-state index contributed by atoms with van der Waals surface area (Å²) in [6.45, 7) is 0.0589. The summed E-state index contributed by atoms with van der Waals surface area (Å²) < 4.78 is 5.34. The van der Waals surface area contributed by atoms with Crippen LogP contribution < -0.4 is 5.32 Å². The van der Waals surface area contributed by atoms with Gasteiger partial charge in [-0.2, -0.15) is 0 Å². The molecule has 0 fully saturated rings. The molecule has 2 aromatic rings. The third-order valence-electron chi connectivity index (χ3n) is 2.64. The van der Waals surface area contributed by atoms with Crippen molar-refractivity contribution >= 4 is 22.8 Å². The van der Waals surface area contributed by atoms with Crippen LogP contribution in [0.4, 0.5) is 0 Å². The molecule has 1 aromatic heterocycles. The van der Waals surface area contributed by atoms with Gasteiger partial charge in [-0.25, -0.2) is 4.79 Å². The van der Waals surface area contributed by atoms with E-state index in [-0.39, 0.29) is 18.7 Å². The highest BCUT2D eigenvalue weighted by molar-refractivity contribution is 5.96. The van der Waals surface area contributed by atoms with Crippen molar-refractivity contribution < 1.29 is 24.2 Å². The Hall–Kier alpha value is -2.34. The number of nitrogens with one attached hydrogen (secondary N) is 1. The van der Waals surface area contributed by atoms with Gasteiger partial charge in [0, 0.05) is 18.4 Å². The summed E-state index contributed by atoms with van der Waals surface area (Å²) in [5.41, 5.74) is 0.609. The maximum Gasteiger partial charge on any atom is 0.332 e. The van der Waals surface area contributed by atoms with E-state index in [1.54, 1.807) is 18.2 Å². The number of aliphatic hydroxyl groups excluding tert-OH is 1. The maximum absolute atomic E-state index is 11.7. The van der Waals surface area contributed by atoms with Gasteiger partial charge in [0.2, 0.25) is 0 Å². The monoisotopic (exact) mass is 263 g/mol. The van der Waals surface area contributed by atoms with Crippen LogP contribution in [-0.4, -0.2) is 34.7 Å². The number of carboxylic acids is 1. The number of carbonyl (C=O) groups excluding carboxylic acids is 1. The van der Waals surface area contributed by atoms with Crippen LogP contribution in [0.2, 0.25) is 0 Å². The number of furan rings is 1. The predicted octanol–water partition coefficient (Wildman–Crippen LogP) is 0.998. The predicted molar refractivity (Wildman–Crippen MR) is 66.8 cm³/mol. The molecule has 1 heterocycles. The second-order valence-electron chi connectivity index (χ2n) is 4.05. The van der Waals surface area contributed by atoms with Gasteiger partial charge in [-0.3, -0.25) is 4.79 Å². The summed E-state index contributed by atoms with van der Waals surface area (Å²) in [6, 6.07) is 8.82. The molecule has 0 spiro atoms. The summed E-state index contributed by atoms with van der Waals surface area (Å²) in [5.74, 6) is -1.59. The minimum Gasteiger partial charge on any atom is -0.479 e. The van der Waals surface area contributed by atoms with Crippen molar-refractivity contribution in [2.24, 2.45) is 0 Å². The summed E-state index contributed by atoms with van der Waals surface area (Å²) in [6.07, 6.45) is -1.53. The molecule has 0 aliphatic rings. The second kappa shape index (κ2) is 5.53. The minimum atomic E-state index is -1.48. The van der Waals surface area contributed by atoms with E-state index in [9.17, 15) is 9.59 Å². The molecule has 19 heavy (non-hydrogen) atoms. The average molecular weight is 263 g/mol. The number of rotatable bonds is 5. The standard InChI is InChI=1S/C13H13NO5/c15-9(13(17)18)5-6-14-12(16)11-7-8-3-1-2-4-10(8)19-11/h1-4,7,9,15H,5-6H2,(H,14,16)(H,17,18)/t9-/m0/s1. The molecule has 0 aliphatic carbocycles. The molecule has 2 rings (SSSR count). The Morgan fingerprint density at radius 2 is 2.05 bits per heavy atom. The van der Waals surface area contributed by atoms with Gasteiger partial charge in [0.05, 0.1) is 0 Å². The first-order valence-electron chi connectivity index (χ1n) is 5.75. The van der Waals surface area contributed by atoms with E-state index in [2.05, 4.69) is 5.32 Å². The number of hydrogen-bond acceptors (Lipinski definition) is 4. The van der Waals surface area contributed by atoms with Gasteiger partial charge in [-0.15, -0.1) is 0 Å². The van der Waals surface area contributed by atoms with Crippen molar-refractivity contribution in [3.63, 3.8) is 0 Å². The van der Waals surface area contributed by atoms with Crippen LogP contribution in [0.25, 0.3) is 11.0 Å². The lowest BCUT2D eigenvalue weighted by molar-refractivity contribution is -0.146. The first kappa shape index (κ1) is 13.1. The number of aliphatic hydroxyl groups is 1. The largest absolute Gasteiger partial charge is 0.479 e. The Bertz CT molecular complexity index is 571. The van der Waals surface area contributed by atoms with Crippen LogP contribution in [0.5, 0.6) is 0 Å². The summed E-state index contributed by atoms with van der Waals surface area (Å²) in [4.78, 5) is 22.1. The number of amides is 1. The van der Waals surface area contributed by atoms with Crippen molar-refractivity contribution in [3.05, 3.63) is 36.1 Å². The molecule has 0 unspecified atom stereocenters. The van der Waals surface area contributed by atoms with E-state index < -0.39 is 18.0 Å². The van der Waals surface area contributed by atoms with Gasteiger partial charge < -0.3 is 19.9 Å². The number of para-hydroxylation sites is 1. The third kappa shape index (κ3) is 3.11. The van der Waals surface area contributed by atoms with Crippen LogP contribution >= 0.6 is 0 Å². The number of carboxylic acid groups (broad SMARTS) is 1. The highest BCUT2D eigenvalue weighted by atomic mass is 16.4. The van der Waals surface area contributed by atoms with Crippen molar-refractivity contribution in [1.82, 2.24) is 5.32 Å². The number of benzene rings is 1. The lowest BCUT2D eigenvalue weighted by Gasteiger charge is -2.05. The molecule has 0 saturated heterocycles. The first-order chi connectivity index (χ1) is 9.08. The lowest BCUT2D eigenvalue weighted by Crippen LogP contribution is -2.29. The molecule has 100 valence electrons. The zero-order valence-corrected chi connectivity index (χ0v) is 10.00. The van der Waals surface area contributed by atoms with Crippen LogP contribution in [0.3, 0.4) is 0 Å². The van der Waals surface area contributed by atoms with Gasteiger partial charge >= 0.3 is 5.97 Å². The maximum atomic E-state index is 11.7. The number of hydrogen-bond donors (Lipinski definition) is 3. The first-order valence-corrected chi connectivity index (χ1v) is 5.75. The Labute approximate surface area is 108 Å². The molecule has 0 bridgehead atoms. The highest BCUT2D eigenvalue weighted by Crippen LogP contribution is 2.18. The number of carbonyl (C=O) groups is 2. The van der Waals surface area contributed by atoms with Crippen molar-refractivity contribution in [1.29, 1.82) is 0 Å². The van der Waals surface area contributed by atoms with Crippen LogP contribution in [0, 0.1) is 0 Å². The Balaban J connectivity index is 1.94. The average Bonchev–Trinajstić information content (AvgIpc) is 2.82. The van der Waals surface area contributed by atoms with Crippen molar-refractivity contribution in [2.45, 2.75) is 12.5 Å². The summed E-state index contributed by atoms with van der Waals surface area (Å²) in [7, 11) is 0. The summed E-state index contributed by atoms with van der Waals surface area (Å²) >= 11 is 0. The van der Waals surface area contributed by atoms with E-state index in [0.717, 1.165) is 5.39 Å². The lowest BCUT2D eigenvalue weighted by atomic mass is 10.2. The molecule has 0 radical (unpaired) electrons. The molecule has 0 saturated carbocycles. The van der Waals surface area contributed by atoms with Crippen LogP contribution in [0.15, 0.2) is 34.7 Å². The Morgan fingerprint density at radius 1 is 1.32 bits per heavy atom. The second-order valence-corrected chi connectivity index (χ2v) is 4.05. The fraction of sp³-hybridized carbons (Fsp3) is 0.231. The van der Waals surface area contributed by atoms with Gasteiger partial charge in [0.1, 0.15) is 5.58 Å². The van der Waals surface area contributed by atoms with Gasteiger partial charge in [0.25, 0.3) is 5.91 Å². The molecular weight excluding hydrogens is 250 g/mol. The number of aliphatic carboxylic acids is 1. The normalized spacial score (nSPS) is 12.3. The van der Waals surface area contributed by atoms with E-state index >= 15 is 0 Å². The van der Waals surface area contributed by atoms with Gasteiger partial charge in [-0.05, 0) is 12.1 Å². The highest BCUT2D eigenvalue weighted by Gasteiger charge is 2.15. The molecular formula is C13H13NO5. The zero-order valence-electron chi connectivity index (χ0n) is 10.00. The molecule has 0 aliphatic heterocycles. The quantitative estimate of drug-likeness (QED) is 0.747. The number of fused-ring (bicyclic) bond motifs is 1. The Morgan fingerprint density at radius 3 is 2.74 bits per heavy atom. The van der Waals surface area contributed by atoms with Crippen molar-refractivity contribution in [2.75, 3.05) is 6.54 Å². The molecule has 1 amide bonds. The Kier molecular flexibility index (Phi) is 3.82. The smallest absolute Gasteiger partial charge is 0.332 e. The fourth-order valence-corrected chi connectivity index (χ4v) is 1.63. The van der Waals surface area contributed by atoms with E-state index in [1.807, 2.05) is 12.1 Å². The molecule has 3 N–H and O–H groups in total. The third-order valence-corrected chi connectivity index (χ3v) is 2.64.